The number of nitrogens with one attached hydrogen (secondary N) is 2. The summed E-state index contributed by atoms with van der Waals surface area (Å²) in [7, 11) is 0. The molecule has 0 fully saturated rings. The highest BCUT2D eigenvalue weighted by Crippen LogP contribution is 2.11. The number of carbonyl (C=O) groups is 2. The van der Waals surface area contributed by atoms with Gasteiger partial charge in [-0.15, -0.1) is 0 Å². The number of hydrogen-bond acceptors (Lipinski definition) is 3. The number of amides is 2. The maximum absolute atomic E-state index is 11.9. The van der Waals surface area contributed by atoms with E-state index in [4.69, 9.17) is 0 Å². The van der Waals surface area contributed by atoms with Gasteiger partial charge in [0.15, 0.2) is 0 Å². The monoisotopic (exact) mass is 283 g/mol. The van der Waals surface area contributed by atoms with Crippen molar-refractivity contribution < 1.29 is 9.59 Å². The van der Waals surface area contributed by atoms with Gasteiger partial charge in [-0.3, -0.25) is 9.59 Å². The molecular formula is C16H17N3O2. The number of aryl methyl sites for hydroxylation is 1. The first kappa shape index (κ1) is 14.7. The van der Waals surface area contributed by atoms with Crippen LogP contribution in [0.15, 0.2) is 48.5 Å². The van der Waals surface area contributed by atoms with Gasteiger partial charge in [-0.2, -0.15) is 0 Å². The first-order valence-corrected chi connectivity index (χ1v) is 6.66. The van der Waals surface area contributed by atoms with Crippen molar-refractivity contribution >= 4 is 17.6 Å². The number of carbonyl (C=O) groups excluding carboxylic acids is 2. The van der Waals surface area contributed by atoms with Crippen molar-refractivity contribution in [2.45, 2.75) is 19.9 Å². The molecule has 1 atom stereocenters. The van der Waals surface area contributed by atoms with Crippen LogP contribution in [0.2, 0.25) is 0 Å². The summed E-state index contributed by atoms with van der Waals surface area (Å²) >= 11 is 0. The highest BCUT2D eigenvalue weighted by atomic mass is 16.2. The zero-order valence-corrected chi connectivity index (χ0v) is 12.0. The molecule has 1 heterocycles. The number of anilines is 1. The van der Waals surface area contributed by atoms with Gasteiger partial charge >= 0.3 is 11.8 Å². The highest BCUT2D eigenvalue weighted by molar-refractivity contribution is 6.39. The molecule has 0 bridgehead atoms. The van der Waals surface area contributed by atoms with Crippen LogP contribution in [0.4, 0.5) is 5.82 Å². The molecule has 2 aromatic rings. The lowest BCUT2D eigenvalue weighted by Crippen LogP contribution is -2.37. The predicted molar refractivity (Wildman–Crippen MR) is 80.6 cm³/mol. The number of pyridine rings is 1. The van der Waals surface area contributed by atoms with E-state index in [0.29, 0.717) is 5.82 Å². The fourth-order valence-corrected chi connectivity index (χ4v) is 1.87. The Morgan fingerprint density at radius 3 is 2.38 bits per heavy atom. The zero-order valence-electron chi connectivity index (χ0n) is 12.0. The van der Waals surface area contributed by atoms with Crippen LogP contribution in [0, 0.1) is 6.92 Å². The SMILES string of the molecule is Cc1cccc(NC(=O)C(=O)N[C@@H](C)c2ccccc2)n1. The molecule has 0 saturated heterocycles. The van der Waals surface area contributed by atoms with E-state index in [0.717, 1.165) is 11.3 Å². The first-order chi connectivity index (χ1) is 10.1. The summed E-state index contributed by atoms with van der Waals surface area (Å²) in [5.74, 6) is -1.05. The van der Waals surface area contributed by atoms with Gasteiger partial charge in [0.05, 0.1) is 6.04 Å². The summed E-state index contributed by atoms with van der Waals surface area (Å²) < 4.78 is 0. The quantitative estimate of drug-likeness (QED) is 0.848. The summed E-state index contributed by atoms with van der Waals surface area (Å²) in [6.45, 7) is 3.64. The topological polar surface area (TPSA) is 71.1 Å². The van der Waals surface area contributed by atoms with E-state index in [1.54, 1.807) is 12.1 Å². The third-order valence-corrected chi connectivity index (χ3v) is 2.98. The second kappa shape index (κ2) is 6.65. The minimum Gasteiger partial charge on any atom is -0.341 e. The number of aromatic nitrogens is 1. The molecule has 21 heavy (non-hydrogen) atoms. The summed E-state index contributed by atoms with van der Waals surface area (Å²) in [5, 5.41) is 5.13. The van der Waals surface area contributed by atoms with Gasteiger partial charge in [-0.25, -0.2) is 4.98 Å². The zero-order chi connectivity index (χ0) is 15.2. The molecule has 0 aliphatic carbocycles. The smallest absolute Gasteiger partial charge is 0.314 e. The van der Waals surface area contributed by atoms with Crippen molar-refractivity contribution in [1.82, 2.24) is 10.3 Å². The van der Waals surface area contributed by atoms with Gasteiger partial charge in [0.1, 0.15) is 5.82 Å². The van der Waals surface area contributed by atoms with E-state index >= 15 is 0 Å². The molecule has 0 radical (unpaired) electrons. The minimum atomic E-state index is -0.726. The molecule has 2 N–H and O–H groups in total. The summed E-state index contributed by atoms with van der Waals surface area (Å²) in [5.41, 5.74) is 1.71. The Morgan fingerprint density at radius 2 is 1.71 bits per heavy atom. The van der Waals surface area contributed by atoms with Crippen molar-refractivity contribution in [3.63, 3.8) is 0 Å². The molecule has 0 spiro atoms. The third kappa shape index (κ3) is 4.14. The summed E-state index contributed by atoms with van der Waals surface area (Å²) in [6.07, 6.45) is 0. The Hall–Kier alpha value is -2.69. The maximum Gasteiger partial charge on any atom is 0.314 e. The van der Waals surface area contributed by atoms with Crippen LogP contribution in [0.1, 0.15) is 24.2 Å². The Balaban J connectivity index is 1.95. The standard InChI is InChI=1S/C16H17N3O2/c1-11-7-6-10-14(17-11)19-16(21)15(20)18-12(2)13-8-4-3-5-9-13/h3-10,12H,1-2H3,(H,18,20)(H,17,19,21)/t12-/m0/s1. The Bertz CT molecular complexity index is 641. The molecule has 0 aliphatic rings. The Kier molecular flexibility index (Phi) is 4.66. The van der Waals surface area contributed by atoms with Gasteiger partial charge < -0.3 is 10.6 Å². The fourth-order valence-electron chi connectivity index (χ4n) is 1.87. The second-order valence-corrected chi connectivity index (χ2v) is 4.72. The average Bonchev–Trinajstić information content (AvgIpc) is 2.48. The molecule has 5 nitrogen and oxygen atoms in total. The molecule has 5 heteroatoms. The molecular weight excluding hydrogens is 266 g/mol. The van der Waals surface area contributed by atoms with Crippen molar-refractivity contribution in [2.24, 2.45) is 0 Å². The maximum atomic E-state index is 11.9. The van der Waals surface area contributed by atoms with Crippen molar-refractivity contribution in [2.75, 3.05) is 5.32 Å². The molecule has 0 saturated carbocycles. The van der Waals surface area contributed by atoms with E-state index in [9.17, 15) is 9.59 Å². The van der Waals surface area contributed by atoms with Gasteiger partial charge in [0.25, 0.3) is 0 Å². The van der Waals surface area contributed by atoms with Gasteiger partial charge in [0, 0.05) is 5.69 Å². The molecule has 2 rings (SSSR count). The molecule has 1 aromatic carbocycles. The third-order valence-electron chi connectivity index (χ3n) is 2.98. The number of hydrogen-bond donors (Lipinski definition) is 2. The lowest BCUT2D eigenvalue weighted by atomic mass is 10.1. The molecule has 1 aromatic heterocycles. The van der Waals surface area contributed by atoms with Gasteiger partial charge in [0.2, 0.25) is 0 Å². The molecule has 108 valence electrons. The molecule has 0 aliphatic heterocycles. The number of rotatable bonds is 3. The first-order valence-electron chi connectivity index (χ1n) is 6.66. The van der Waals surface area contributed by atoms with Crippen molar-refractivity contribution in [1.29, 1.82) is 0 Å². The van der Waals surface area contributed by atoms with Gasteiger partial charge in [-0.05, 0) is 31.5 Å². The van der Waals surface area contributed by atoms with E-state index in [1.165, 1.54) is 0 Å². The predicted octanol–water partition coefficient (Wildman–Crippen LogP) is 2.21. The van der Waals surface area contributed by atoms with Gasteiger partial charge in [-0.1, -0.05) is 36.4 Å². The average molecular weight is 283 g/mol. The van der Waals surface area contributed by atoms with Crippen LogP contribution >= 0.6 is 0 Å². The van der Waals surface area contributed by atoms with E-state index in [1.807, 2.05) is 50.2 Å². The van der Waals surface area contributed by atoms with E-state index in [-0.39, 0.29) is 6.04 Å². The van der Waals surface area contributed by atoms with Crippen LogP contribution in [-0.2, 0) is 9.59 Å². The summed E-state index contributed by atoms with van der Waals surface area (Å²) in [4.78, 5) is 27.8. The summed E-state index contributed by atoms with van der Waals surface area (Å²) in [6, 6.07) is 14.4. The van der Waals surface area contributed by atoms with Crippen LogP contribution in [0.3, 0.4) is 0 Å². The second-order valence-electron chi connectivity index (χ2n) is 4.72. The normalized spacial score (nSPS) is 11.5. The lowest BCUT2D eigenvalue weighted by molar-refractivity contribution is -0.136. The van der Waals surface area contributed by atoms with Crippen molar-refractivity contribution in [3.8, 4) is 0 Å². The molecule has 0 unspecified atom stereocenters. The van der Waals surface area contributed by atoms with Crippen molar-refractivity contribution in [3.05, 3.63) is 59.8 Å². The number of benzene rings is 1. The van der Waals surface area contributed by atoms with Crippen LogP contribution in [0.25, 0.3) is 0 Å². The van der Waals surface area contributed by atoms with E-state index in [2.05, 4.69) is 15.6 Å². The van der Waals surface area contributed by atoms with E-state index < -0.39 is 11.8 Å². The Labute approximate surface area is 123 Å². The highest BCUT2D eigenvalue weighted by Gasteiger charge is 2.17. The van der Waals surface area contributed by atoms with Crippen LogP contribution in [0.5, 0.6) is 0 Å². The number of nitrogens with zero attached hydrogens (tertiary/aromatic N) is 1. The lowest BCUT2D eigenvalue weighted by Gasteiger charge is -2.13. The fraction of sp³-hybridized carbons (Fsp3) is 0.188. The minimum absolute atomic E-state index is 0.241. The Morgan fingerprint density at radius 1 is 1.00 bits per heavy atom. The van der Waals surface area contributed by atoms with Crippen LogP contribution < -0.4 is 10.6 Å². The van der Waals surface area contributed by atoms with Crippen LogP contribution in [-0.4, -0.2) is 16.8 Å². The molecule has 2 amide bonds. The largest absolute Gasteiger partial charge is 0.341 e.